The molecule has 0 aliphatic heterocycles. The van der Waals surface area contributed by atoms with Crippen LogP contribution in [0.5, 0.6) is 0 Å². The number of aromatic nitrogens is 3. The van der Waals surface area contributed by atoms with E-state index in [4.69, 9.17) is 27.9 Å². The molecule has 0 saturated heterocycles. The van der Waals surface area contributed by atoms with Gasteiger partial charge in [-0.1, -0.05) is 43.4 Å². The van der Waals surface area contributed by atoms with Crippen LogP contribution in [0, 0.1) is 0 Å². The van der Waals surface area contributed by atoms with Crippen LogP contribution in [-0.4, -0.2) is 42.2 Å². The summed E-state index contributed by atoms with van der Waals surface area (Å²) in [6.45, 7) is 7.91. The molecular weight excluding hydrogens is 441 g/mol. The van der Waals surface area contributed by atoms with Gasteiger partial charge < -0.3 is 19.9 Å². The fraction of sp³-hybridized carbons (Fsp3) is 0.350. The number of amides is 1. The Balaban J connectivity index is 1.92. The smallest absolute Gasteiger partial charge is 0.253 e. The molecule has 0 radical (unpaired) electrons. The fourth-order valence-corrected chi connectivity index (χ4v) is 4.11. The largest absolute Gasteiger partial charge is 0.361 e. The number of fused-ring (bicyclic) bond motifs is 1. The first-order valence-corrected chi connectivity index (χ1v) is 14.0. The lowest BCUT2D eigenvalue weighted by Gasteiger charge is -2.15. The van der Waals surface area contributed by atoms with Crippen molar-refractivity contribution < 1.29 is 9.53 Å². The molecule has 0 fully saturated rings. The monoisotopic (exact) mass is 465 g/mol. The Morgan fingerprint density at radius 3 is 2.63 bits per heavy atom. The first kappa shape index (κ1) is 22.5. The van der Waals surface area contributed by atoms with E-state index in [0.717, 1.165) is 6.04 Å². The van der Waals surface area contributed by atoms with E-state index in [1.807, 2.05) is 10.6 Å². The lowest BCUT2D eigenvalue weighted by atomic mass is 10.1. The number of para-hydroxylation sites is 1. The Labute approximate surface area is 186 Å². The van der Waals surface area contributed by atoms with E-state index in [9.17, 15) is 4.79 Å². The number of rotatable bonds is 8. The maximum absolute atomic E-state index is 12.2. The van der Waals surface area contributed by atoms with Crippen molar-refractivity contribution >= 4 is 59.7 Å². The Morgan fingerprint density at radius 1 is 1.20 bits per heavy atom. The molecule has 3 rings (SSSR count). The van der Waals surface area contributed by atoms with E-state index in [-0.39, 0.29) is 11.2 Å². The van der Waals surface area contributed by atoms with Crippen molar-refractivity contribution in [3.63, 3.8) is 0 Å². The van der Waals surface area contributed by atoms with Gasteiger partial charge in [-0.2, -0.15) is 9.97 Å². The van der Waals surface area contributed by atoms with Gasteiger partial charge in [-0.15, -0.1) is 0 Å². The van der Waals surface area contributed by atoms with Crippen LogP contribution < -0.4 is 10.6 Å². The Bertz CT molecular complexity index is 1070. The molecule has 2 N–H and O–H groups in total. The van der Waals surface area contributed by atoms with Gasteiger partial charge in [-0.25, -0.2) is 0 Å². The molecule has 0 bridgehead atoms. The zero-order chi connectivity index (χ0) is 21.9. The first-order valence-electron chi connectivity index (χ1n) is 9.57. The standard InChI is InChI=1S/C20H25Cl2N5O2Si/c1-23-19(28)13-7-5-6-8-15(13)24-17-16-14(21)11-27(18(16)26-20(22)25-17)12-29-9-10-30(2,3)4/h5-8,11H,9-10,12H2,1-4H3,(H,23,28)(H,24,25,26). The second kappa shape index (κ2) is 9.34. The lowest BCUT2D eigenvalue weighted by Crippen LogP contribution is -2.22. The summed E-state index contributed by atoms with van der Waals surface area (Å²) in [5, 5.41) is 6.96. The maximum atomic E-state index is 12.2. The van der Waals surface area contributed by atoms with Gasteiger partial charge in [0.25, 0.3) is 5.91 Å². The Hall–Kier alpha value is -2.13. The van der Waals surface area contributed by atoms with Gasteiger partial charge in [0.05, 0.1) is 21.7 Å². The predicted molar refractivity (Wildman–Crippen MR) is 125 cm³/mol. The Kier molecular flexibility index (Phi) is 7.02. The van der Waals surface area contributed by atoms with Gasteiger partial charge >= 0.3 is 0 Å². The maximum Gasteiger partial charge on any atom is 0.253 e. The molecule has 0 atom stereocenters. The molecular formula is C20H25Cl2N5O2Si. The van der Waals surface area contributed by atoms with Gasteiger partial charge in [-0.05, 0) is 29.8 Å². The van der Waals surface area contributed by atoms with Crippen LogP contribution in [0.1, 0.15) is 10.4 Å². The van der Waals surface area contributed by atoms with E-state index in [1.165, 1.54) is 0 Å². The third kappa shape index (κ3) is 5.31. The quantitative estimate of drug-likeness (QED) is 0.273. The summed E-state index contributed by atoms with van der Waals surface area (Å²) in [4.78, 5) is 20.8. The highest BCUT2D eigenvalue weighted by Crippen LogP contribution is 2.33. The van der Waals surface area contributed by atoms with Gasteiger partial charge in [0.15, 0.2) is 5.65 Å². The number of anilines is 2. The number of halogens is 2. The third-order valence-electron chi connectivity index (χ3n) is 4.52. The van der Waals surface area contributed by atoms with E-state index in [2.05, 4.69) is 40.2 Å². The van der Waals surface area contributed by atoms with Crippen LogP contribution in [0.2, 0.25) is 36.0 Å². The van der Waals surface area contributed by atoms with Crippen LogP contribution in [-0.2, 0) is 11.5 Å². The van der Waals surface area contributed by atoms with Crippen molar-refractivity contribution in [2.45, 2.75) is 32.4 Å². The molecule has 3 aromatic rings. The van der Waals surface area contributed by atoms with Gasteiger partial charge in [0.1, 0.15) is 12.5 Å². The molecule has 2 heterocycles. The van der Waals surface area contributed by atoms with Crippen molar-refractivity contribution in [2.75, 3.05) is 19.0 Å². The minimum Gasteiger partial charge on any atom is -0.361 e. The third-order valence-corrected chi connectivity index (χ3v) is 6.68. The zero-order valence-corrected chi connectivity index (χ0v) is 19.9. The minimum atomic E-state index is -1.17. The summed E-state index contributed by atoms with van der Waals surface area (Å²) in [5.41, 5.74) is 1.63. The van der Waals surface area contributed by atoms with Crippen LogP contribution in [0.15, 0.2) is 30.5 Å². The van der Waals surface area contributed by atoms with E-state index >= 15 is 0 Å². The van der Waals surface area contributed by atoms with Crippen molar-refractivity contribution in [3.8, 4) is 0 Å². The van der Waals surface area contributed by atoms with Gasteiger partial charge in [0, 0.05) is 27.9 Å². The molecule has 0 unspecified atom stereocenters. The molecule has 2 aromatic heterocycles. The summed E-state index contributed by atoms with van der Waals surface area (Å²) in [5.74, 6) is 0.209. The van der Waals surface area contributed by atoms with Gasteiger partial charge in [-0.3, -0.25) is 4.79 Å². The zero-order valence-electron chi connectivity index (χ0n) is 17.4. The molecule has 0 aliphatic carbocycles. The number of carbonyl (C=O) groups excluding carboxylic acids is 1. The highest BCUT2D eigenvalue weighted by Gasteiger charge is 2.18. The summed E-state index contributed by atoms with van der Waals surface area (Å²) in [6, 6.07) is 8.20. The summed E-state index contributed by atoms with van der Waals surface area (Å²) >= 11 is 12.7. The number of nitrogens with zero attached hydrogens (tertiary/aromatic N) is 3. The molecule has 0 aliphatic rings. The predicted octanol–water partition coefficient (Wildman–Crippen LogP) is 5.15. The molecule has 160 valence electrons. The number of nitrogens with one attached hydrogen (secondary N) is 2. The van der Waals surface area contributed by atoms with Crippen LogP contribution >= 0.6 is 23.2 Å². The molecule has 0 saturated carbocycles. The summed E-state index contributed by atoms with van der Waals surface area (Å²) in [7, 11) is 0.409. The SMILES string of the molecule is CNC(=O)c1ccccc1Nc1nc(Cl)nc2c1c(Cl)cn2COCC[Si](C)(C)C. The van der Waals surface area contributed by atoms with E-state index < -0.39 is 8.07 Å². The van der Waals surface area contributed by atoms with Crippen LogP contribution in [0.4, 0.5) is 11.5 Å². The number of hydrogen-bond donors (Lipinski definition) is 2. The van der Waals surface area contributed by atoms with Gasteiger partial charge in [0.2, 0.25) is 5.28 Å². The number of hydrogen-bond acceptors (Lipinski definition) is 5. The highest BCUT2D eigenvalue weighted by atomic mass is 35.5. The lowest BCUT2D eigenvalue weighted by molar-refractivity contribution is 0.0899. The topological polar surface area (TPSA) is 81.1 Å². The van der Waals surface area contributed by atoms with Crippen LogP contribution in [0.3, 0.4) is 0 Å². The number of benzene rings is 1. The van der Waals surface area contributed by atoms with Crippen molar-refractivity contribution in [1.29, 1.82) is 0 Å². The molecule has 1 aromatic carbocycles. The molecule has 7 nitrogen and oxygen atoms in total. The highest BCUT2D eigenvalue weighted by molar-refractivity contribution is 6.76. The Morgan fingerprint density at radius 2 is 1.93 bits per heavy atom. The normalized spacial score (nSPS) is 11.7. The molecule has 10 heteroatoms. The van der Waals surface area contributed by atoms with Crippen molar-refractivity contribution in [2.24, 2.45) is 0 Å². The van der Waals surface area contributed by atoms with E-state index in [0.29, 0.717) is 46.5 Å². The minimum absolute atomic E-state index is 0.0699. The second-order valence-corrected chi connectivity index (χ2v) is 14.5. The molecule has 30 heavy (non-hydrogen) atoms. The van der Waals surface area contributed by atoms with E-state index in [1.54, 1.807) is 31.4 Å². The van der Waals surface area contributed by atoms with Crippen LogP contribution in [0.25, 0.3) is 11.0 Å². The first-order chi connectivity index (χ1) is 14.2. The molecule has 1 amide bonds. The van der Waals surface area contributed by atoms with Crippen molar-refractivity contribution in [1.82, 2.24) is 19.9 Å². The number of carbonyl (C=O) groups is 1. The number of ether oxygens (including phenoxy) is 1. The average Bonchev–Trinajstić information content (AvgIpc) is 3.00. The summed E-state index contributed by atoms with van der Waals surface area (Å²) < 4.78 is 7.65. The fourth-order valence-electron chi connectivity index (χ4n) is 2.90. The average molecular weight is 466 g/mol. The molecule has 0 spiro atoms. The second-order valence-electron chi connectivity index (χ2n) is 8.08. The summed E-state index contributed by atoms with van der Waals surface area (Å²) in [6.07, 6.45) is 1.75. The van der Waals surface area contributed by atoms with Crippen molar-refractivity contribution in [3.05, 3.63) is 46.3 Å².